The van der Waals surface area contributed by atoms with Crippen molar-refractivity contribution < 1.29 is 4.74 Å². The zero-order chi connectivity index (χ0) is 5.82. The number of allylic oxidation sites excluding steroid dienone is 1. The van der Waals surface area contributed by atoms with Gasteiger partial charge in [0.1, 0.15) is 0 Å². The van der Waals surface area contributed by atoms with Crippen LogP contribution in [-0.2, 0) is 4.74 Å². The van der Waals surface area contributed by atoms with Crippen LogP contribution in [0.5, 0.6) is 0 Å². The van der Waals surface area contributed by atoms with Gasteiger partial charge >= 0.3 is 0 Å². The molecule has 0 aromatic rings. The molecule has 1 saturated heterocycles. The fourth-order valence-electron chi connectivity index (χ4n) is 0.904. The molecular weight excluding hydrogens is 100 g/mol. The maximum atomic E-state index is 5.20. The first-order chi connectivity index (χ1) is 3.93. The van der Waals surface area contributed by atoms with Crippen LogP contribution in [0.4, 0.5) is 0 Å². The first kappa shape index (κ1) is 5.83. The minimum atomic E-state index is 0.872. The predicted molar refractivity (Wildman–Crippen MR) is 33.8 cm³/mol. The molecule has 0 aromatic carbocycles. The molecule has 1 heteroatoms. The summed E-state index contributed by atoms with van der Waals surface area (Å²) in [7, 11) is 0. The molecule has 1 fully saturated rings. The topological polar surface area (TPSA) is 9.23 Å². The summed E-state index contributed by atoms with van der Waals surface area (Å²) in [5.74, 6) is 0. The molecule has 0 N–H and O–H groups in total. The van der Waals surface area contributed by atoms with Gasteiger partial charge in [0, 0.05) is 6.61 Å². The summed E-state index contributed by atoms with van der Waals surface area (Å²) >= 11 is 0. The number of rotatable bonds is 0. The van der Waals surface area contributed by atoms with Gasteiger partial charge in [0.05, 0.1) is 6.61 Å². The molecule has 0 aliphatic carbocycles. The third-order valence-corrected chi connectivity index (χ3v) is 1.48. The predicted octanol–water partition coefficient (Wildman–Crippen LogP) is 1.74. The van der Waals surface area contributed by atoms with Crippen molar-refractivity contribution in [1.82, 2.24) is 0 Å². The second-order valence-electron chi connectivity index (χ2n) is 2.10. The van der Waals surface area contributed by atoms with E-state index in [0.29, 0.717) is 0 Å². The van der Waals surface area contributed by atoms with Crippen molar-refractivity contribution in [3.63, 3.8) is 0 Å². The van der Waals surface area contributed by atoms with Crippen LogP contribution in [0.15, 0.2) is 11.6 Å². The summed E-state index contributed by atoms with van der Waals surface area (Å²) < 4.78 is 5.20. The Kier molecular flexibility index (Phi) is 2.10. The van der Waals surface area contributed by atoms with E-state index >= 15 is 0 Å². The molecule has 0 aromatic heterocycles. The molecular formula is C7H12O. The number of ether oxygens (including phenoxy) is 1. The van der Waals surface area contributed by atoms with Crippen LogP contribution >= 0.6 is 0 Å². The van der Waals surface area contributed by atoms with E-state index in [0.717, 1.165) is 13.2 Å². The van der Waals surface area contributed by atoms with E-state index in [2.05, 4.69) is 13.0 Å². The normalized spacial score (nSPS) is 26.4. The lowest BCUT2D eigenvalue weighted by atomic mass is 10.1. The van der Waals surface area contributed by atoms with Crippen molar-refractivity contribution in [1.29, 1.82) is 0 Å². The summed E-state index contributed by atoms with van der Waals surface area (Å²) in [4.78, 5) is 0. The van der Waals surface area contributed by atoms with Crippen LogP contribution in [0.3, 0.4) is 0 Å². The Morgan fingerprint density at radius 1 is 1.62 bits per heavy atom. The Labute approximate surface area is 50.3 Å². The third-order valence-electron chi connectivity index (χ3n) is 1.48. The van der Waals surface area contributed by atoms with Gasteiger partial charge in [-0.1, -0.05) is 6.08 Å². The van der Waals surface area contributed by atoms with E-state index in [-0.39, 0.29) is 0 Å². The van der Waals surface area contributed by atoms with Gasteiger partial charge in [-0.2, -0.15) is 0 Å². The summed E-state index contributed by atoms with van der Waals surface area (Å²) in [6.07, 6.45) is 4.61. The lowest BCUT2D eigenvalue weighted by Gasteiger charge is -2.13. The van der Waals surface area contributed by atoms with Gasteiger partial charge in [-0.05, 0) is 25.3 Å². The Morgan fingerprint density at radius 2 is 2.50 bits per heavy atom. The molecule has 0 bridgehead atoms. The highest BCUT2D eigenvalue weighted by molar-refractivity contribution is 5.01. The van der Waals surface area contributed by atoms with Gasteiger partial charge in [0.15, 0.2) is 0 Å². The maximum Gasteiger partial charge on any atom is 0.0676 e. The average molecular weight is 112 g/mol. The SMILES string of the molecule is CC=C1CCCOC1. The lowest BCUT2D eigenvalue weighted by molar-refractivity contribution is 0.130. The van der Waals surface area contributed by atoms with Gasteiger partial charge in [0.2, 0.25) is 0 Å². The molecule has 0 unspecified atom stereocenters. The number of hydrogen-bond acceptors (Lipinski definition) is 1. The lowest BCUT2D eigenvalue weighted by Crippen LogP contribution is -2.07. The Morgan fingerprint density at radius 3 is 2.88 bits per heavy atom. The minimum Gasteiger partial charge on any atom is -0.377 e. The summed E-state index contributed by atoms with van der Waals surface area (Å²) in [6, 6.07) is 0. The minimum absolute atomic E-state index is 0.872. The summed E-state index contributed by atoms with van der Waals surface area (Å²) in [5.41, 5.74) is 1.45. The van der Waals surface area contributed by atoms with Crippen molar-refractivity contribution in [3.8, 4) is 0 Å². The van der Waals surface area contributed by atoms with Crippen LogP contribution in [0.25, 0.3) is 0 Å². The molecule has 1 heterocycles. The second-order valence-corrected chi connectivity index (χ2v) is 2.10. The van der Waals surface area contributed by atoms with Crippen LogP contribution in [0.2, 0.25) is 0 Å². The van der Waals surface area contributed by atoms with E-state index in [4.69, 9.17) is 4.74 Å². The van der Waals surface area contributed by atoms with Crippen molar-refractivity contribution in [2.45, 2.75) is 19.8 Å². The first-order valence-electron chi connectivity index (χ1n) is 3.15. The summed E-state index contributed by atoms with van der Waals surface area (Å²) in [5, 5.41) is 0. The van der Waals surface area contributed by atoms with E-state index in [9.17, 15) is 0 Å². The molecule has 0 spiro atoms. The van der Waals surface area contributed by atoms with Crippen LogP contribution in [-0.4, -0.2) is 13.2 Å². The molecule has 1 aliphatic heterocycles. The average Bonchev–Trinajstić information content (AvgIpc) is 1.90. The van der Waals surface area contributed by atoms with Crippen molar-refractivity contribution in [2.75, 3.05) is 13.2 Å². The van der Waals surface area contributed by atoms with Crippen molar-refractivity contribution in [3.05, 3.63) is 11.6 Å². The van der Waals surface area contributed by atoms with Gasteiger partial charge in [0.25, 0.3) is 0 Å². The molecule has 0 amide bonds. The molecule has 46 valence electrons. The van der Waals surface area contributed by atoms with E-state index in [1.807, 2.05) is 0 Å². The van der Waals surface area contributed by atoms with Gasteiger partial charge in [-0.3, -0.25) is 0 Å². The van der Waals surface area contributed by atoms with Crippen LogP contribution < -0.4 is 0 Å². The highest BCUT2D eigenvalue weighted by atomic mass is 16.5. The van der Waals surface area contributed by atoms with Gasteiger partial charge < -0.3 is 4.74 Å². The maximum absolute atomic E-state index is 5.20. The fourth-order valence-corrected chi connectivity index (χ4v) is 0.904. The van der Waals surface area contributed by atoms with Crippen LogP contribution in [0.1, 0.15) is 19.8 Å². The summed E-state index contributed by atoms with van der Waals surface area (Å²) in [6.45, 7) is 3.90. The fraction of sp³-hybridized carbons (Fsp3) is 0.714. The Hall–Kier alpha value is -0.300. The molecule has 0 atom stereocenters. The monoisotopic (exact) mass is 112 g/mol. The van der Waals surface area contributed by atoms with E-state index in [1.165, 1.54) is 18.4 Å². The Bertz CT molecular complexity index is 86.6. The zero-order valence-corrected chi connectivity index (χ0v) is 5.31. The molecule has 1 rings (SSSR count). The second kappa shape index (κ2) is 2.88. The Balaban J connectivity index is 2.33. The van der Waals surface area contributed by atoms with Gasteiger partial charge in [-0.25, -0.2) is 0 Å². The van der Waals surface area contributed by atoms with E-state index in [1.54, 1.807) is 0 Å². The standard InChI is InChI=1S/C7H12O/c1-2-7-4-3-5-8-6-7/h2H,3-6H2,1H3. The third kappa shape index (κ3) is 1.34. The molecule has 0 radical (unpaired) electrons. The van der Waals surface area contributed by atoms with Crippen molar-refractivity contribution >= 4 is 0 Å². The molecule has 8 heavy (non-hydrogen) atoms. The van der Waals surface area contributed by atoms with Gasteiger partial charge in [-0.15, -0.1) is 0 Å². The smallest absolute Gasteiger partial charge is 0.0676 e. The zero-order valence-electron chi connectivity index (χ0n) is 5.31. The van der Waals surface area contributed by atoms with Crippen LogP contribution in [0, 0.1) is 0 Å². The molecule has 0 saturated carbocycles. The highest BCUT2D eigenvalue weighted by Gasteiger charge is 2.02. The van der Waals surface area contributed by atoms with Crippen molar-refractivity contribution in [2.24, 2.45) is 0 Å². The number of hydrogen-bond donors (Lipinski definition) is 0. The molecule has 1 nitrogen and oxygen atoms in total. The largest absolute Gasteiger partial charge is 0.377 e. The molecule has 1 aliphatic rings. The van der Waals surface area contributed by atoms with E-state index < -0.39 is 0 Å². The highest BCUT2D eigenvalue weighted by Crippen LogP contribution is 2.10. The quantitative estimate of drug-likeness (QED) is 0.434. The first-order valence-corrected chi connectivity index (χ1v) is 3.15.